The van der Waals surface area contributed by atoms with Crippen molar-refractivity contribution in [1.29, 1.82) is 0 Å². The van der Waals surface area contributed by atoms with E-state index < -0.39 is 29.3 Å². The number of rotatable bonds is 10. The molecule has 0 spiro atoms. The lowest BCUT2D eigenvalue weighted by Gasteiger charge is -2.14. The Labute approximate surface area is 242 Å². The van der Waals surface area contributed by atoms with E-state index in [0.29, 0.717) is 32.1 Å². The highest BCUT2D eigenvalue weighted by molar-refractivity contribution is 14.1. The van der Waals surface area contributed by atoms with Gasteiger partial charge < -0.3 is 24.8 Å². The molecule has 40 heavy (non-hydrogen) atoms. The molecule has 0 atom stereocenters. The van der Waals surface area contributed by atoms with Crippen LogP contribution < -0.4 is 24.8 Å². The fraction of sp³-hybridized carbons (Fsp3) is 0.148. The van der Waals surface area contributed by atoms with Crippen molar-refractivity contribution in [3.8, 4) is 17.2 Å². The fourth-order valence-corrected chi connectivity index (χ4v) is 4.58. The van der Waals surface area contributed by atoms with Crippen LogP contribution in [0.5, 0.6) is 17.2 Å². The molecule has 0 aliphatic carbocycles. The SMILES string of the molecule is COc1ccccc1NC(=O)CN1C(=O)N/C(=C/c2cc(I)c(OCc3ccc([N+](=O)[O-])cc3)c(OC)c2)C1=O. The number of anilines is 1. The molecule has 2 N–H and O–H groups in total. The zero-order valence-corrected chi connectivity index (χ0v) is 23.5. The predicted molar refractivity (Wildman–Crippen MR) is 153 cm³/mol. The van der Waals surface area contributed by atoms with Gasteiger partial charge in [-0.25, -0.2) is 9.69 Å². The van der Waals surface area contributed by atoms with Gasteiger partial charge in [0, 0.05) is 12.1 Å². The fourth-order valence-electron chi connectivity index (χ4n) is 3.80. The molecule has 4 amide bonds. The zero-order valence-electron chi connectivity index (χ0n) is 21.3. The predicted octanol–water partition coefficient (Wildman–Crippen LogP) is 4.33. The number of halogens is 1. The second-order valence-electron chi connectivity index (χ2n) is 8.37. The lowest BCUT2D eigenvalue weighted by molar-refractivity contribution is -0.384. The topological polar surface area (TPSA) is 149 Å². The van der Waals surface area contributed by atoms with Gasteiger partial charge in [-0.2, -0.15) is 0 Å². The smallest absolute Gasteiger partial charge is 0.329 e. The Morgan fingerprint density at radius 1 is 1.07 bits per heavy atom. The van der Waals surface area contributed by atoms with Gasteiger partial charge in [-0.05, 0) is 76.2 Å². The Morgan fingerprint density at radius 3 is 2.45 bits per heavy atom. The summed E-state index contributed by atoms with van der Waals surface area (Å²) in [5, 5.41) is 16.0. The van der Waals surface area contributed by atoms with Crippen LogP contribution in [0.3, 0.4) is 0 Å². The first kappa shape index (κ1) is 28.4. The molecule has 1 aliphatic rings. The average Bonchev–Trinajstić information content (AvgIpc) is 3.19. The van der Waals surface area contributed by atoms with Crippen LogP contribution in [0, 0.1) is 13.7 Å². The van der Waals surface area contributed by atoms with Crippen molar-refractivity contribution in [3.05, 3.63) is 91.2 Å². The lowest BCUT2D eigenvalue weighted by atomic mass is 10.1. The van der Waals surface area contributed by atoms with Gasteiger partial charge >= 0.3 is 6.03 Å². The number of methoxy groups -OCH3 is 2. The summed E-state index contributed by atoms with van der Waals surface area (Å²) in [6.07, 6.45) is 1.48. The van der Waals surface area contributed by atoms with E-state index >= 15 is 0 Å². The minimum absolute atomic E-state index is 0.00695. The van der Waals surface area contributed by atoms with Crippen LogP contribution in [0.15, 0.2) is 66.4 Å². The van der Waals surface area contributed by atoms with Crippen LogP contribution in [0.1, 0.15) is 11.1 Å². The number of amides is 4. The van der Waals surface area contributed by atoms with E-state index in [1.54, 1.807) is 48.5 Å². The minimum atomic E-state index is -0.726. The molecular formula is C27H23IN4O8. The highest BCUT2D eigenvalue weighted by atomic mass is 127. The maximum Gasteiger partial charge on any atom is 0.329 e. The van der Waals surface area contributed by atoms with Crippen molar-refractivity contribution < 1.29 is 33.5 Å². The van der Waals surface area contributed by atoms with E-state index in [-0.39, 0.29) is 18.0 Å². The van der Waals surface area contributed by atoms with E-state index in [4.69, 9.17) is 14.2 Å². The monoisotopic (exact) mass is 658 g/mol. The normalized spacial score (nSPS) is 13.7. The van der Waals surface area contributed by atoms with E-state index in [0.717, 1.165) is 10.5 Å². The van der Waals surface area contributed by atoms with Crippen molar-refractivity contribution in [2.45, 2.75) is 6.61 Å². The number of urea groups is 1. The molecule has 0 radical (unpaired) electrons. The average molecular weight is 658 g/mol. The number of ether oxygens (including phenoxy) is 3. The summed E-state index contributed by atoms with van der Waals surface area (Å²) < 4.78 is 17.3. The number of nitrogens with zero attached hydrogens (tertiary/aromatic N) is 2. The summed E-state index contributed by atoms with van der Waals surface area (Å²) in [5.41, 5.74) is 1.66. The summed E-state index contributed by atoms with van der Waals surface area (Å²) in [7, 11) is 2.93. The number of nitro groups is 1. The number of benzene rings is 3. The summed E-state index contributed by atoms with van der Waals surface area (Å²) in [6.45, 7) is -0.346. The van der Waals surface area contributed by atoms with Crippen LogP contribution in [0.2, 0.25) is 0 Å². The van der Waals surface area contributed by atoms with Gasteiger partial charge in [0.25, 0.3) is 11.6 Å². The Morgan fingerprint density at radius 2 is 1.77 bits per heavy atom. The van der Waals surface area contributed by atoms with E-state index in [2.05, 4.69) is 33.2 Å². The Hall–Kier alpha value is -4.66. The van der Waals surface area contributed by atoms with Gasteiger partial charge in [0.05, 0.1) is 28.4 Å². The van der Waals surface area contributed by atoms with Crippen molar-refractivity contribution in [2.24, 2.45) is 0 Å². The first-order valence-corrected chi connectivity index (χ1v) is 12.8. The zero-order chi connectivity index (χ0) is 28.8. The van der Waals surface area contributed by atoms with Gasteiger partial charge in [0.2, 0.25) is 5.91 Å². The van der Waals surface area contributed by atoms with Crippen LogP contribution in [-0.4, -0.2) is 48.4 Å². The van der Waals surface area contributed by atoms with E-state index in [9.17, 15) is 24.5 Å². The maximum atomic E-state index is 12.9. The molecule has 4 rings (SSSR count). The molecule has 0 bridgehead atoms. The number of nitro benzene ring substituents is 1. The number of carbonyl (C=O) groups excluding carboxylic acids is 3. The molecule has 1 saturated heterocycles. The summed E-state index contributed by atoms with van der Waals surface area (Å²) in [6, 6.07) is 15.4. The molecule has 0 aromatic heterocycles. The number of nitrogens with one attached hydrogen (secondary N) is 2. The number of para-hydroxylation sites is 2. The third-order valence-corrected chi connectivity index (χ3v) is 6.54. The number of non-ortho nitro benzene ring substituents is 1. The first-order chi connectivity index (χ1) is 19.2. The van der Waals surface area contributed by atoms with Crippen LogP contribution in [0.4, 0.5) is 16.2 Å². The number of carbonyl (C=O) groups is 3. The maximum absolute atomic E-state index is 12.9. The second kappa shape index (κ2) is 12.5. The highest BCUT2D eigenvalue weighted by Crippen LogP contribution is 2.35. The third kappa shape index (κ3) is 6.48. The largest absolute Gasteiger partial charge is 0.495 e. The molecule has 13 heteroatoms. The van der Waals surface area contributed by atoms with E-state index in [1.165, 1.54) is 32.4 Å². The van der Waals surface area contributed by atoms with Gasteiger partial charge in [-0.15, -0.1) is 0 Å². The standard InChI is InChI=1S/C27H23IN4O8/c1-38-22-6-4-3-5-20(22)29-24(33)14-31-26(34)21(30-27(31)35)12-17-11-19(28)25(23(13-17)39-2)40-15-16-7-9-18(10-8-16)32(36)37/h3-13H,14-15H2,1-2H3,(H,29,33)(H,30,35)/b21-12+. The molecule has 1 aliphatic heterocycles. The highest BCUT2D eigenvalue weighted by Gasteiger charge is 2.35. The molecule has 1 heterocycles. The van der Waals surface area contributed by atoms with Crippen LogP contribution >= 0.6 is 22.6 Å². The van der Waals surface area contributed by atoms with Gasteiger partial charge in [0.1, 0.15) is 24.6 Å². The third-order valence-electron chi connectivity index (χ3n) is 5.74. The quantitative estimate of drug-likeness (QED) is 0.108. The van der Waals surface area contributed by atoms with Crippen molar-refractivity contribution in [1.82, 2.24) is 10.2 Å². The van der Waals surface area contributed by atoms with Gasteiger partial charge in [-0.1, -0.05) is 12.1 Å². The molecule has 3 aromatic rings. The number of hydrogen-bond donors (Lipinski definition) is 2. The molecule has 12 nitrogen and oxygen atoms in total. The van der Waals surface area contributed by atoms with Gasteiger partial charge in [-0.3, -0.25) is 19.7 Å². The lowest BCUT2D eigenvalue weighted by Crippen LogP contribution is -2.38. The van der Waals surface area contributed by atoms with Crippen molar-refractivity contribution >= 4 is 57.9 Å². The summed E-state index contributed by atoms with van der Waals surface area (Å²) in [5.74, 6) is 0.0375. The van der Waals surface area contributed by atoms with Crippen LogP contribution in [0.25, 0.3) is 6.08 Å². The second-order valence-corrected chi connectivity index (χ2v) is 9.54. The van der Waals surface area contributed by atoms with Crippen molar-refractivity contribution in [2.75, 3.05) is 26.1 Å². The molecule has 1 fully saturated rings. The minimum Gasteiger partial charge on any atom is -0.495 e. The Balaban J connectivity index is 1.46. The van der Waals surface area contributed by atoms with Gasteiger partial charge in [0.15, 0.2) is 11.5 Å². The summed E-state index contributed by atoms with van der Waals surface area (Å²) >= 11 is 2.05. The Bertz CT molecular complexity index is 1510. The molecule has 3 aromatic carbocycles. The number of hydrogen-bond acceptors (Lipinski definition) is 8. The van der Waals surface area contributed by atoms with Crippen LogP contribution in [-0.2, 0) is 16.2 Å². The molecule has 0 unspecified atom stereocenters. The molecule has 206 valence electrons. The van der Waals surface area contributed by atoms with E-state index in [1.807, 2.05) is 0 Å². The molecular weight excluding hydrogens is 635 g/mol. The summed E-state index contributed by atoms with van der Waals surface area (Å²) in [4.78, 5) is 49.1. The Kier molecular flexibility index (Phi) is 8.83. The molecule has 0 saturated carbocycles. The van der Waals surface area contributed by atoms with Crippen molar-refractivity contribution in [3.63, 3.8) is 0 Å². The number of imide groups is 1. The first-order valence-electron chi connectivity index (χ1n) is 11.7.